The summed E-state index contributed by atoms with van der Waals surface area (Å²) in [5, 5.41) is 2.04. The van der Waals surface area contributed by atoms with Gasteiger partial charge in [0.05, 0.1) is 17.1 Å². The first-order valence-electron chi connectivity index (χ1n) is 6.68. The Morgan fingerprint density at radius 2 is 1.96 bits per heavy atom. The van der Waals surface area contributed by atoms with Crippen molar-refractivity contribution in [3.05, 3.63) is 53.1 Å². The molecule has 0 aliphatic carbocycles. The highest BCUT2D eigenvalue weighted by atomic mass is 35.5. The van der Waals surface area contributed by atoms with E-state index >= 15 is 0 Å². The minimum Gasteiger partial charge on any atom is -0.321 e. The van der Waals surface area contributed by atoms with Gasteiger partial charge in [0.25, 0.3) is 5.91 Å². The third kappa shape index (κ3) is 3.86. The largest absolute Gasteiger partial charge is 0.321 e. The summed E-state index contributed by atoms with van der Waals surface area (Å²) in [6, 6.07) is 6.29. The average molecular weight is 357 g/mol. The number of rotatable bonds is 4. The molecule has 8 heteroatoms. The van der Waals surface area contributed by atoms with Gasteiger partial charge < -0.3 is 5.32 Å². The summed E-state index contributed by atoms with van der Waals surface area (Å²) in [5.41, 5.74) is 0.388. The Morgan fingerprint density at radius 1 is 1.26 bits per heavy atom. The van der Waals surface area contributed by atoms with Gasteiger partial charge in [-0.1, -0.05) is 11.6 Å². The molecule has 0 atom stereocenters. The molecule has 0 aliphatic heterocycles. The number of anilines is 1. The van der Waals surface area contributed by atoms with Crippen molar-refractivity contribution < 1.29 is 17.6 Å². The zero-order valence-electron chi connectivity index (χ0n) is 12.4. The van der Waals surface area contributed by atoms with Crippen LogP contribution in [0.2, 0.25) is 5.15 Å². The van der Waals surface area contributed by atoms with Gasteiger partial charge in [0.15, 0.2) is 9.84 Å². The van der Waals surface area contributed by atoms with E-state index in [1.165, 1.54) is 32.2 Å². The SMILES string of the molecule is CC(C)S(=O)(=O)c1ccc(C(=O)Nc2ccc(Cl)nc2)cc1F. The standard InChI is InChI=1S/C15H14ClFN2O3S/c1-9(2)23(21,22)13-5-3-10(7-12(13)17)15(20)19-11-4-6-14(16)18-8-11/h3-9H,1-2H3,(H,19,20). The summed E-state index contributed by atoms with van der Waals surface area (Å²) in [6.45, 7) is 2.92. The first-order chi connectivity index (χ1) is 10.7. The number of nitrogens with one attached hydrogen (secondary N) is 1. The molecule has 0 bridgehead atoms. The Hall–Kier alpha value is -1.99. The van der Waals surface area contributed by atoms with Gasteiger partial charge in [-0.15, -0.1) is 0 Å². The van der Waals surface area contributed by atoms with Gasteiger partial charge in [-0.25, -0.2) is 17.8 Å². The number of hydrogen-bond acceptors (Lipinski definition) is 4. The van der Waals surface area contributed by atoms with Crippen LogP contribution in [0.15, 0.2) is 41.4 Å². The fourth-order valence-electron chi connectivity index (χ4n) is 1.78. The van der Waals surface area contributed by atoms with Gasteiger partial charge in [-0.3, -0.25) is 4.79 Å². The highest BCUT2D eigenvalue weighted by molar-refractivity contribution is 7.92. The molecule has 0 aliphatic rings. The molecule has 0 unspecified atom stereocenters. The predicted molar refractivity (Wildman–Crippen MR) is 85.9 cm³/mol. The van der Waals surface area contributed by atoms with Crippen molar-refractivity contribution in [1.82, 2.24) is 4.98 Å². The molecule has 0 radical (unpaired) electrons. The molecule has 1 aromatic heterocycles. The third-order valence-corrected chi connectivity index (χ3v) is 5.52. The highest BCUT2D eigenvalue weighted by Gasteiger charge is 2.24. The number of hydrogen-bond donors (Lipinski definition) is 1. The first kappa shape index (κ1) is 17.4. The molecule has 1 aromatic carbocycles. The van der Waals surface area contributed by atoms with Crippen LogP contribution in [0.4, 0.5) is 10.1 Å². The van der Waals surface area contributed by atoms with Gasteiger partial charge in [-0.05, 0) is 44.2 Å². The minimum absolute atomic E-state index is 0.000145. The number of pyridine rings is 1. The number of carbonyl (C=O) groups excluding carboxylic acids is 1. The van der Waals surface area contributed by atoms with Crippen LogP contribution in [0.5, 0.6) is 0 Å². The quantitative estimate of drug-likeness (QED) is 0.853. The number of nitrogens with zero attached hydrogens (tertiary/aromatic N) is 1. The second-order valence-electron chi connectivity index (χ2n) is 5.06. The monoisotopic (exact) mass is 356 g/mol. The van der Waals surface area contributed by atoms with Crippen molar-refractivity contribution in [2.24, 2.45) is 0 Å². The number of benzene rings is 1. The Labute approximate surface area is 138 Å². The summed E-state index contributed by atoms with van der Waals surface area (Å²) in [6.07, 6.45) is 1.36. The fraction of sp³-hybridized carbons (Fsp3) is 0.200. The normalized spacial score (nSPS) is 11.5. The number of aromatic nitrogens is 1. The van der Waals surface area contributed by atoms with E-state index in [9.17, 15) is 17.6 Å². The minimum atomic E-state index is -3.75. The molecule has 0 fully saturated rings. The lowest BCUT2D eigenvalue weighted by atomic mass is 10.2. The molecule has 1 amide bonds. The van der Waals surface area contributed by atoms with Crippen LogP contribution in [-0.2, 0) is 9.84 Å². The molecule has 5 nitrogen and oxygen atoms in total. The zero-order valence-corrected chi connectivity index (χ0v) is 14.0. The lowest BCUT2D eigenvalue weighted by molar-refractivity contribution is 0.102. The van der Waals surface area contributed by atoms with Crippen LogP contribution in [0, 0.1) is 5.82 Å². The maximum atomic E-state index is 14.1. The molecule has 0 saturated carbocycles. The summed E-state index contributed by atoms with van der Waals surface area (Å²) in [4.78, 5) is 15.4. The third-order valence-electron chi connectivity index (χ3n) is 3.11. The van der Waals surface area contributed by atoms with E-state index in [1.54, 1.807) is 6.07 Å². The lowest BCUT2D eigenvalue weighted by Crippen LogP contribution is -2.17. The Kier molecular flexibility index (Phi) is 5.01. The molecule has 122 valence electrons. The van der Waals surface area contributed by atoms with Crippen molar-refractivity contribution >= 4 is 33.0 Å². The van der Waals surface area contributed by atoms with Crippen molar-refractivity contribution in [2.45, 2.75) is 24.0 Å². The molecular weight excluding hydrogens is 343 g/mol. The maximum absolute atomic E-state index is 14.1. The Bertz CT molecular complexity index is 836. The smallest absolute Gasteiger partial charge is 0.255 e. The molecular formula is C15H14ClFN2O3S. The van der Waals surface area contributed by atoms with Crippen LogP contribution in [0.25, 0.3) is 0 Å². The van der Waals surface area contributed by atoms with Gasteiger partial charge in [0, 0.05) is 5.56 Å². The van der Waals surface area contributed by atoms with Crippen LogP contribution >= 0.6 is 11.6 Å². The first-order valence-corrected chi connectivity index (χ1v) is 8.60. The Morgan fingerprint density at radius 3 is 2.48 bits per heavy atom. The zero-order chi connectivity index (χ0) is 17.2. The molecule has 2 aromatic rings. The number of carbonyl (C=O) groups is 1. The van der Waals surface area contributed by atoms with Crippen LogP contribution < -0.4 is 5.32 Å². The summed E-state index contributed by atoms with van der Waals surface area (Å²) < 4.78 is 38.1. The van der Waals surface area contributed by atoms with E-state index in [0.29, 0.717) is 5.69 Å². The highest BCUT2D eigenvalue weighted by Crippen LogP contribution is 2.21. The predicted octanol–water partition coefficient (Wildman–Crippen LogP) is 3.31. The second kappa shape index (κ2) is 6.64. The van der Waals surface area contributed by atoms with Gasteiger partial charge >= 0.3 is 0 Å². The van der Waals surface area contributed by atoms with E-state index < -0.39 is 31.7 Å². The molecule has 0 spiro atoms. The molecule has 1 N–H and O–H groups in total. The number of amides is 1. The lowest BCUT2D eigenvalue weighted by Gasteiger charge is -2.10. The van der Waals surface area contributed by atoms with Crippen molar-refractivity contribution in [2.75, 3.05) is 5.32 Å². The van der Waals surface area contributed by atoms with E-state index in [1.807, 2.05) is 0 Å². The van der Waals surface area contributed by atoms with Crippen LogP contribution in [0.3, 0.4) is 0 Å². The molecule has 2 rings (SSSR count). The summed E-state index contributed by atoms with van der Waals surface area (Å²) >= 11 is 5.64. The topological polar surface area (TPSA) is 76.1 Å². The molecule has 1 heterocycles. The second-order valence-corrected chi connectivity index (χ2v) is 7.92. The van der Waals surface area contributed by atoms with Crippen molar-refractivity contribution in [1.29, 1.82) is 0 Å². The Balaban J connectivity index is 2.26. The van der Waals surface area contributed by atoms with E-state index in [0.717, 1.165) is 12.1 Å². The average Bonchev–Trinajstić information content (AvgIpc) is 2.49. The molecule has 0 saturated heterocycles. The number of sulfone groups is 1. The van der Waals surface area contributed by atoms with Gasteiger partial charge in [0.1, 0.15) is 15.9 Å². The van der Waals surface area contributed by atoms with Crippen molar-refractivity contribution in [3.8, 4) is 0 Å². The van der Waals surface area contributed by atoms with E-state index in [2.05, 4.69) is 10.3 Å². The maximum Gasteiger partial charge on any atom is 0.255 e. The van der Waals surface area contributed by atoms with E-state index in [-0.39, 0.29) is 10.7 Å². The van der Waals surface area contributed by atoms with Crippen molar-refractivity contribution in [3.63, 3.8) is 0 Å². The van der Waals surface area contributed by atoms with Crippen LogP contribution in [0.1, 0.15) is 24.2 Å². The summed E-state index contributed by atoms with van der Waals surface area (Å²) in [5.74, 6) is -1.54. The van der Waals surface area contributed by atoms with Gasteiger partial charge in [0.2, 0.25) is 0 Å². The summed E-state index contributed by atoms with van der Waals surface area (Å²) in [7, 11) is -3.75. The van der Waals surface area contributed by atoms with E-state index in [4.69, 9.17) is 11.6 Å². The number of halogens is 2. The molecule has 23 heavy (non-hydrogen) atoms. The van der Waals surface area contributed by atoms with Gasteiger partial charge in [-0.2, -0.15) is 0 Å². The van der Waals surface area contributed by atoms with Crippen LogP contribution in [-0.4, -0.2) is 24.6 Å². The fourth-order valence-corrected chi connectivity index (χ4v) is 2.99.